The minimum atomic E-state index is -2.11. The van der Waals surface area contributed by atoms with Crippen LogP contribution in [0.5, 0.6) is 0 Å². The Morgan fingerprint density at radius 1 is 1.14 bits per heavy atom. The van der Waals surface area contributed by atoms with Crippen LogP contribution in [0.15, 0.2) is 0 Å². The molecule has 0 heterocycles. The number of ether oxygens (including phenoxy) is 2. The van der Waals surface area contributed by atoms with Gasteiger partial charge in [0, 0.05) is 11.8 Å². The van der Waals surface area contributed by atoms with E-state index in [1.165, 1.54) is 7.11 Å². The Bertz CT molecular complexity index is 485. The molecule has 4 nitrogen and oxygen atoms in total. The molecule has 7 heteroatoms. The average molecular weight is 358 g/mol. The van der Waals surface area contributed by atoms with Crippen molar-refractivity contribution in [2.45, 2.75) is 49.9 Å². The predicted octanol–water partition coefficient (Wildman–Crippen LogP) is 3.66. The lowest BCUT2D eigenvalue weighted by atomic mass is 9.65. The van der Waals surface area contributed by atoms with Crippen LogP contribution in [-0.4, -0.2) is 28.9 Å². The van der Waals surface area contributed by atoms with E-state index in [9.17, 15) is 9.59 Å². The van der Waals surface area contributed by atoms with Crippen molar-refractivity contribution in [3.8, 4) is 0 Å². The van der Waals surface area contributed by atoms with Crippen molar-refractivity contribution in [3.05, 3.63) is 0 Å². The van der Waals surface area contributed by atoms with E-state index in [1.54, 1.807) is 0 Å². The van der Waals surface area contributed by atoms with Crippen LogP contribution in [0.3, 0.4) is 0 Å². The minimum Gasteiger partial charge on any atom is -0.469 e. The number of halogens is 3. The van der Waals surface area contributed by atoms with Gasteiger partial charge in [-0.25, -0.2) is 4.79 Å². The van der Waals surface area contributed by atoms with Crippen molar-refractivity contribution in [3.63, 3.8) is 0 Å². The van der Waals surface area contributed by atoms with Crippen molar-refractivity contribution < 1.29 is 19.1 Å². The zero-order valence-corrected chi connectivity index (χ0v) is 14.7. The lowest BCUT2D eigenvalue weighted by Crippen LogP contribution is -2.42. The van der Waals surface area contributed by atoms with E-state index in [-0.39, 0.29) is 16.8 Å². The number of methoxy groups -OCH3 is 1. The number of fused-ring (bicyclic) bond motifs is 2. The van der Waals surface area contributed by atoms with E-state index in [0.717, 1.165) is 6.42 Å². The highest BCUT2D eigenvalue weighted by atomic mass is 35.6. The van der Waals surface area contributed by atoms with Gasteiger partial charge in [0.05, 0.1) is 12.5 Å². The molecular weight excluding hydrogens is 339 g/mol. The molecule has 0 aromatic rings. The lowest BCUT2D eigenvalue weighted by molar-refractivity contribution is -0.160. The second-order valence-corrected chi connectivity index (χ2v) is 8.99. The normalized spacial score (nSPS) is 37.4. The molecule has 21 heavy (non-hydrogen) atoms. The molecule has 0 amide bonds. The van der Waals surface area contributed by atoms with Crippen molar-refractivity contribution in [2.24, 2.45) is 16.2 Å². The van der Waals surface area contributed by atoms with Gasteiger partial charge >= 0.3 is 11.9 Å². The summed E-state index contributed by atoms with van der Waals surface area (Å²) in [5.74, 6) is -1.16. The maximum absolute atomic E-state index is 12.3. The fourth-order valence-electron chi connectivity index (χ4n) is 4.11. The molecule has 0 radical (unpaired) electrons. The minimum absolute atomic E-state index is 0.261. The van der Waals surface area contributed by atoms with E-state index in [0.29, 0.717) is 12.8 Å². The van der Waals surface area contributed by atoms with E-state index in [2.05, 4.69) is 0 Å². The van der Waals surface area contributed by atoms with E-state index >= 15 is 0 Å². The van der Waals surface area contributed by atoms with Crippen LogP contribution in [0.4, 0.5) is 0 Å². The molecule has 2 bridgehead atoms. The SMILES string of the molecule is COC(=O)[C@@]12CC[C@](C)([C@@H](OC(=O)C(Cl)(Cl)Cl)C1)C2(C)C. The van der Waals surface area contributed by atoms with Crippen molar-refractivity contribution in [1.82, 2.24) is 0 Å². The molecule has 0 aromatic heterocycles. The highest BCUT2D eigenvalue weighted by molar-refractivity contribution is 6.75. The van der Waals surface area contributed by atoms with Gasteiger partial charge in [0.2, 0.25) is 0 Å². The number of alkyl halides is 3. The Morgan fingerprint density at radius 3 is 2.19 bits per heavy atom. The summed E-state index contributed by atoms with van der Waals surface area (Å²) in [5, 5.41) is 0. The maximum atomic E-state index is 12.3. The van der Waals surface area contributed by atoms with Gasteiger partial charge in [-0.2, -0.15) is 0 Å². The number of esters is 2. The second-order valence-electron chi connectivity index (χ2n) is 6.71. The average Bonchev–Trinajstić information content (AvgIpc) is 2.67. The molecule has 2 rings (SSSR count). The monoisotopic (exact) mass is 356 g/mol. The predicted molar refractivity (Wildman–Crippen MR) is 80.4 cm³/mol. The Kier molecular flexibility index (Phi) is 4.01. The first-order valence-corrected chi connectivity index (χ1v) is 7.92. The fourth-order valence-corrected chi connectivity index (χ4v) is 4.24. The number of hydrogen-bond donors (Lipinski definition) is 0. The molecule has 0 aromatic carbocycles. The van der Waals surface area contributed by atoms with Crippen LogP contribution in [0.2, 0.25) is 0 Å². The van der Waals surface area contributed by atoms with Gasteiger partial charge in [-0.05, 0) is 18.3 Å². The third-order valence-electron chi connectivity index (χ3n) is 6.00. The first kappa shape index (κ1) is 17.2. The zero-order chi connectivity index (χ0) is 16.3. The summed E-state index contributed by atoms with van der Waals surface area (Å²) >= 11 is 16.7. The third-order valence-corrected chi connectivity index (χ3v) is 6.46. The highest BCUT2D eigenvalue weighted by Gasteiger charge is 2.74. The maximum Gasteiger partial charge on any atom is 0.358 e. The molecule has 0 N–H and O–H groups in total. The Morgan fingerprint density at radius 2 is 1.71 bits per heavy atom. The summed E-state index contributed by atoms with van der Waals surface area (Å²) in [6.07, 6.45) is 1.40. The van der Waals surface area contributed by atoms with Crippen LogP contribution in [0.25, 0.3) is 0 Å². The molecule has 0 unspecified atom stereocenters. The smallest absolute Gasteiger partial charge is 0.358 e. The van der Waals surface area contributed by atoms with Gasteiger partial charge in [0.1, 0.15) is 6.10 Å². The summed E-state index contributed by atoms with van der Waals surface area (Å²) in [6.45, 7) is 6.04. The summed E-state index contributed by atoms with van der Waals surface area (Å²) < 4.78 is 8.31. The lowest BCUT2D eigenvalue weighted by Gasteiger charge is -2.40. The van der Waals surface area contributed by atoms with Crippen LogP contribution >= 0.6 is 34.8 Å². The van der Waals surface area contributed by atoms with Crippen molar-refractivity contribution >= 4 is 46.7 Å². The van der Waals surface area contributed by atoms with E-state index in [4.69, 9.17) is 44.3 Å². The Hall–Kier alpha value is -0.190. The van der Waals surface area contributed by atoms with Crippen molar-refractivity contribution in [2.75, 3.05) is 7.11 Å². The first-order chi connectivity index (χ1) is 9.42. The molecule has 2 fully saturated rings. The Labute approximate surface area is 139 Å². The van der Waals surface area contributed by atoms with Gasteiger partial charge in [-0.15, -0.1) is 0 Å². The fraction of sp³-hybridized carbons (Fsp3) is 0.857. The van der Waals surface area contributed by atoms with Crippen LogP contribution in [-0.2, 0) is 19.1 Å². The largest absolute Gasteiger partial charge is 0.469 e. The number of carbonyl (C=O) groups excluding carboxylic acids is 2. The molecule has 0 aliphatic heterocycles. The molecule has 2 aliphatic rings. The molecule has 3 atom stereocenters. The molecule has 0 spiro atoms. The summed E-state index contributed by atoms with van der Waals surface area (Å²) in [7, 11) is 1.38. The van der Waals surface area contributed by atoms with Gasteiger partial charge in [0.15, 0.2) is 0 Å². The molecule has 2 saturated carbocycles. The van der Waals surface area contributed by atoms with Crippen LogP contribution in [0.1, 0.15) is 40.0 Å². The Balaban J connectivity index is 2.34. The molecular formula is C14H19Cl3O4. The van der Waals surface area contributed by atoms with Crippen LogP contribution < -0.4 is 0 Å². The first-order valence-electron chi connectivity index (χ1n) is 6.78. The molecule has 120 valence electrons. The molecule has 2 aliphatic carbocycles. The van der Waals surface area contributed by atoms with Crippen molar-refractivity contribution in [1.29, 1.82) is 0 Å². The highest BCUT2D eigenvalue weighted by Crippen LogP contribution is 2.73. The summed E-state index contributed by atoms with van der Waals surface area (Å²) in [4.78, 5) is 24.2. The van der Waals surface area contributed by atoms with Crippen LogP contribution in [0, 0.1) is 16.2 Å². The van der Waals surface area contributed by atoms with Gasteiger partial charge in [-0.3, -0.25) is 4.79 Å². The number of hydrogen-bond acceptors (Lipinski definition) is 4. The summed E-state index contributed by atoms with van der Waals surface area (Å²) in [6, 6.07) is 0. The molecule has 0 saturated heterocycles. The number of rotatable bonds is 2. The van der Waals surface area contributed by atoms with Gasteiger partial charge in [-0.1, -0.05) is 55.6 Å². The quantitative estimate of drug-likeness (QED) is 0.559. The zero-order valence-electron chi connectivity index (χ0n) is 12.5. The van der Waals surface area contributed by atoms with Gasteiger partial charge in [0.25, 0.3) is 3.79 Å². The summed E-state index contributed by atoms with van der Waals surface area (Å²) in [5.41, 5.74) is -1.38. The standard InChI is InChI=1S/C14H19Cl3O4/c1-11(2)12(3)5-6-13(11,9(18)20-4)7-8(12)21-10(19)14(15,16)17/h8H,5-7H2,1-4H3/t8-,12+,13+/m0/s1. The topological polar surface area (TPSA) is 52.6 Å². The van der Waals surface area contributed by atoms with Gasteiger partial charge < -0.3 is 9.47 Å². The second kappa shape index (κ2) is 4.90. The third kappa shape index (κ3) is 2.17. The van der Waals surface area contributed by atoms with E-state index < -0.39 is 21.3 Å². The number of carbonyl (C=O) groups is 2. The van der Waals surface area contributed by atoms with E-state index in [1.807, 2.05) is 20.8 Å².